The molecule has 0 bridgehead atoms. The highest BCUT2D eigenvalue weighted by atomic mass is 16.5. The van der Waals surface area contributed by atoms with Crippen LogP contribution >= 0.6 is 0 Å². The van der Waals surface area contributed by atoms with E-state index in [2.05, 4.69) is 0 Å². The minimum atomic E-state index is -0.242. The van der Waals surface area contributed by atoms with Crippen molar-refractivity contribution in [1.82, 2.24) is 0 Å². The number of furan rings is 1. The van der Waals surface area contributed by atoms with Crippen LogP contribution in [0.3, 0.4) is 0 Å². The Morgan fingerprint density at radius 1 is 1.35 bits per heavy atom. The second-order valence-corrected chi connectivity index (χ2v) is 4.49. The van der Waals surface area contributed by atoms with Gasteiger partial charge in [-0.3, -0.25) is 9.59 Å². The second kappa shape index (κ2) is 4.85. The van der Waals surface area contributed by atoms with Crippen molar-refractivity contribution in [3.05, 3.63) is 47.9 Å². The van der Waals surface area contributed by atoms with Gasteiger partial charge in [0.05, 0.1) is 19.1 Å². The van der Waals surface area contributed by atoms with Crippen molar-refractivity contribution < 1.29 is 18.7 Å². The second-order valence-electron chi connectivity index (χ2n) is 4.49. The monoisotopic (exact) mass is 271 g/mol. The molecule has 0 atom stereocenters. The van der Waals surface area contributed by atoms with Crippen molar-refractivity contribution in [3.63, 3.8) is 0 Å². The summed E-state index contributed by atoms with van der Waals surface area (Å²) in [5, 5.41) is 0. The summed E-state index contributed by atoms with van der Waals surface area (Å²) in [4.78, 5) is 25.9. The number of hydrogen-bond donors (Lipinski definition) is 0. The van der Waals surface area contributed by atoms with Crippen LogP contribution in [0.25, 0.3) is 0 Å². The number of Topliss-reactive ketones (excluding diaryl/α,β-unsaturated/α-hetero) is 1. The van der Waals surface area contributed by atoms with Crippen LogP contribution in [0.5, 0.6) is 5.75 Å². The summed E-state index contributed by atoms with van der Waals surface area (Å²) in [6, 6.07) is 8.41. The van der Waals surface area contributed by atoms with E-state index in [0.29, 0.717) is 30.0 Å². The maximum absolute atomic E-state index is 12.4. The molecule has 0 fully saturated rings. The molecule has 20 heavy (non-hydrogen) atoms. The molecular weight excluding hydrogens is 258 g/mol. The fraction of sp³-hybridized carbons (Fsp3) is 0.200. The number of ether oxygens (including phenoxy) is 1. The number of ketones is 1. The highest BCUT2D eigenvalue weighted by molar-refractivity contribution is 6.12. The van der Waals surface area contributed by atoms with Crippen LogP contribution in [0.15, 0.2) is 41.0 Å². The lowest BCUT2D eigenvalue weighted by atomic mass is 9.99. The fourth-order valence-corrected chi connectivity index (χ4v) is 2.31. The molecule has 0 aliphatic carbocycles. The molecule has 1 aromatic heterocycles. The third-order valence-electron chi connectivity index (χ3n) is 3.33. The zero-order chi connectivity index (χ0) is 14.1. The van der Waals surface area contributed by atoms with Crippen molar-refractivity contribution in [2.24, 2.45) is 0 Å². The number of amides is 1. The number of methoxy groups -OCH3 is 1. The summed E-state index contributed by atoms with van der Waals surface area (Å²) in [6.07, 6.45) is 1.75. The molecule has 102 valence electrons. The zero-order valence-electron chi connectivity index (χ0n) is 11.0. The molecule has 5 nitrogen and oxygen atoms in total. The molecule has 1 amide bonds. The molecule has 2 heterocycles. The smallest absolute Gasteiger partial charge is 0.293 e. The van der Waals surface area contributed by atoms with Crippen LogP contribution in [0.1, 0.15) is 27.3 Å². The van der Waals surface area contributed by atoms with E-state index in [1.54, 1.807) is 42.3 Å². The lowest BCUT2D eigenvalue weighted by molar-refractivity contribution is 0.0939. The molecule has 0 unspecified atom stereocenters. The summed E-state index contributed by atoms with van der Waals surface area (Å²) in [6.45, 7) is 0.359. The number of anilines is 1. The normalized spacial score (nSPS) is 14.1. The molecule has 2 aromatic rings. The fourth-order valence-electron chi connectivity index (χ4n) is 2.31. The molecule has 1 aliphatic rings. The average Bonchev–Trinajstić information content (AvgIpc) is 3.01. The molecule has 0 saturated carbocycles. The first kappa shape index (κ1) is 12.5. The van der Waals surface area contributed by atoms with Gasteiger partial charge in [0.25, 0.3) is 5.91 Å². The summed E-state index contributed by atoms with van der Waals surface area (Å²) in [5.41, 5.74) is 1.11. The number of carbonyl (C=O) groups is 2. The van der Waals surface area contributed by atoms with E-state index in [1.807, 2.05) is 0 Å². The maximum Gasteiger partial charge on any atom is 0.293 e. The third kappa shape index (κ3) is 1.97. The van der Waals surface area contributed by atoms with Gasteiger partial charge in [0.2, 0.25) is 0 Å². The number of carbonyl (C=O) groups excluding carboxylic acids is 2. The molecule has 0 spiro atoms. The van der Waals surface area contributed by atoms with Crippen LogP contribution in [0, 0.1) is 0 Å². The molecule has 0 radical (unpaired) electrons. The van der Waals surface area contributed by atoms with Gasteiger partial charge in [-0.2, -0.15) is 0 Å². The van der Waals surface area contributed by atoms with Crippen molar-refractivity contribution in [2.75, 3.05) is 18.6 Å². The summed E-state index contributed by atoms with van der Waals surface area (Å²) in [7, 11) is 1.54. The SMILES string of the molecule is COc1ccc2c(c1)C(=O)CCN2C(=O)c1ccco1. The van der Waals surface area contributed by atoms with Gasteiger partial charge < -0.3 is 14.1 Å². The number of hydrogen-bond acceptors (Lipinski definition) is 4. The van der Waals surface area contributed by atoms with E-state index < -0.39 is 0 Å². The van der Waals surface area contributed by atoms with Crippen molar-refractivity contribution in [1.29, 1.82) is 0 Å². The van der Waals surface area contributed by atoms with E-state index in [9.17, 15) is 9.59 Å². The number of nitrogens with zero attached hydrogens (tertiary/aromatic N) is 1. The molecule has 1 aromatic carbocycles. The molecule has 3 rings (SSSR count). The van der Waals surface area contributed by atoms with Crippen LogP contribution < -0.4 is 9.64 Å². The predicted octanol–water partition coefficient (Wildman–Crippen LogP) is 2.52. The van der Waals surface area contributed by atoms with Gasteiger partial charge >= 0.3 is 0 Å². The van der Waals surface area contributed by atoms with E-state index in [4.69, 9.17) is 9.15 Å². The highest BCUT2D eigenvalue weighted by Crippen LogP contribution is 2.31. The maximum atomic E-state index is 12.4. The minimum Gasteiger partial charge on any atom is -0.497 e. The minimum absolute atomic E-state index is 0.0161. The summed E-state index contributed by atoms with van der Waals surface area (Å²) in [5.74, 6) is 0.641. The zero-order valence-corrected chi connectivity index (χ0v) is 11.0. The largest absolute Gasteiger partial charge is 0.497 e. The van der Waals surface area contributed by atoms with Crippen molar-refractivity contribution >= 4 is 17.4 Å². The van der Waals surface area contributed by atoms with Gasteiger partial charge in [0, 0.05) is 18.5 Å². The standard InChI is InChI=1S/C15H13NO4/c1-19-10-4-5-12-11(9-10)13(17)6-7-16(12)15(18)14-3-2-8-20-14/h2-5,8-9H,6-7H2,1H3. The van der Waals surface area contributed by atoms with Gasteiger partial charge in [0.15, 0.2) is 11.5 Å². The van der Waals surface area contributed by atoms with Crippen LogP contribution in [-0.2, 0) is 0 Å². The highest BCUT2D eigenvalue weighted by Gasteiger charge is 2.29. The predicted molar refractivity (Wildman–Crippen MR) is 72.3 cm³/mol. The Labute approximate surface area is 115 Å². The Morgan fingerprint density at radius 3 is 2.90 bits per heavy atom. The quantitative estimate of drug-likeness (QED) is 0.842. The molecule has 5 heteroatoms. The van der Waals surface area contributed by atoms with E-state index in [-0.39, 0.29) is 17.5 Å². The molecular formula is C15H13NO4. The van der Waals surface area contributed by atoms with Crippen molar-refractivity contribution in [3.8, 4) is 5.75 Å². The number of benzene rings is 1. The number of rotatable bonds is 2. The Morgan fingerprint density at radius 2 is 2.20 bits per heavy atom. The van der Waals surface area contributed by atoms with Crippen molar-refractivity contribution in [2.45, 2.75) is 6.42 Å². The molecule has 1 aliphatic heterocycles. The first-order valence-electron chi connectivity index (χ1n) is 6.27. The Bertz CT molecular complexity index is 661. The summed E-state index contributed by atoms with van der Waals surface area (Å²) < 4.78 is 10.3. The summed E-state index contributed by atoms with van der Waals surface area (Å²) >= 11 is 0. The Hall–Kier alpha value is -2.56. The number of fused-ring (bicyclic) bond motifs is 1. The van der Waals surface area contributed by atoms with Crippen LogP contribution in [-0.4, -0.2) is 25.3 Å². The van der Waals surface area contributed by atoms with Gasteiger partial charge in [-0.25, -0.2) is 0 Å². The first-order chi connectivity index (χ1) is 9.70. The van der Waals surface area contributed by atoms with Crippen LogP contribution in [0.2, 0.25) is 0 Å². The van der Waals surface area contributed by atoms with Gasteiger partial charge in [-0.1, -0.05) is 0 Å². The molecule has 0 N–H and O–H groups in total. The lowest BCUT2D eigenvalue weighted by Crippen LogP contribution is -2.37. The average molecular weight is 271 g/mol. The van der Waals surface area contributed by atoms with E-state index >= 15 is 0 Å². The first-order valence-corrected chi connectivity index (χ1v) is 6.27. The Balaban J connectivity index is 2.03. The topological polar surface area (TPSA) is 59.8 Å². The van der Waals surface area contributed by atoms with Gasteiger partial charge in [0.1, 0.15) is 5.75 Å². The Kier molecular flexibility index (Phi) is 3.02. The third-order valence-corrected chi connectivity index (χ3v) is 3.33. The van der Waals surface area contributed by atoms with E-state index in [1.165, 1.54) is 6.26 Å². The van der Waals surface area contributed by atoms with Crippen LogP contribution in [0.4, 0.5) is 5.69 Å². The van der Waals surface area contributed by atoms with E-state index in [0.717, 1.165) is 0 Å². The van der Waals surface area contributed by atoms with Gasteiger partial charge in [-0.15, -0.1) is 0 Å². The lowest BCUT2D eigenvalue weighted by Gasteiger charge is -2.28. The van der Waals surface area contributed by atoms with Gasteiger partial charge in [-0.05, 0) is 30.3 Å². The molecule has 0 saturated heterocycles.